The minimum absolute atomic E-state index is 0.00267. The molecule has 88 valence electrons. The largest absolute Gasteiger partial charge is 0.481 e. The molecule has 0 bridgehead atoms. The van der Waals surface area contributed by atoms with E-state index < -0.39 is 5.97 Å². The maximum absolute atomic E-state index is 11.6. The Morgan fingerprint density at radius 2 is 1.73 bits per heavy atom. The van der Waals surface area contributed by atoms with Gasteiger partial charge in [-0.3, -0.25) is 9.59 Å². The van der Waals surface area contributed by atoms with Crippen molar-refractivity contribution in [3.8, 4) is 0 Å². The number of amides is 1. The van der Waals surface area contributed by atoms with Crippen LogP contribution in [0.15, 0.2) is 0 Å². The lowest BCUT2D eigenvalue weighted by molar-refractivity contribution is -0.137. The molecule has 2 atom stereocenters. The molecule has 0 aliphatic heterocycles. The first kappa shape index (κ1) is 13.9. The van der Waals surface area contributed by atoms with Crippen molar-refractivity contribution in [3.05, 3.63) is 0 Å². The average molecular weight is 215 g/mol. The zero-order valence-electron chi connectivity index (χ0n) is 9.91. The molecule has 0 aliphatic rings. The molecule has 4 nitrogen and oxygen atoms in total. The van der Waals surface area contributed by atoms with E-state index >= 15 is 0 Å². The molecule has 0 aliphatic carbocycles. The molecule has 0 spiro atoms. The van der Waals surface area contributed by atoms with Gasteiger partial charge in [-0.15, -0.1) is 0 Å². The van der Waals surface area contributed by atoms with Crippen molar-refractivity contribution < 1.29 is 14.7 Å². The van der Waals surface area contributed by atoms with E-state index in [1.807, 2.05) is 27.7 Å². The van der Waals surface area contributed by atoms with Crippen LogP contribution in [0, 0.1) is 11.8 Å². The van der Waals surface area contributed by atoms with Gasteiger partial charge in [0.05, 0.1) is 0 Å². The number of carbonyl (C=O) groups excluding carboxylic acids is 1. The zero-order valence-corrected chi connectivity index (χ0v) is 9.91. The van der Waals surface area contributed by atoms with Crippen molar-refractivity contribution >= 4 is 11.9 Å². The van der Waals surface area contributed by atoms with E-state index in [9.17, 15) is 9.59 Å². The lowest BCUT2D eigenvalue weighted by Gasteiger charge is -2.19. The summed E-state index contributed by atoms with van der Waals surface area (Å²) in [5, 5.41) is 11.3. The summed E-state index contributed by atoms with van der Waals surface area (Å²) in [6.07, 6.45) is 0.573. The van der Waals surface area contributed by atoms with Gasteiger partial charge in [0.2, 0.25) is 5.91 Å². The molecule has 0 saturated carbocycles. The Morgan fingerprint density at radius 1 is 1.20 bits per heavy atom. The highest BCUT2D eigenvalue weighted by molar-refractivity contribution is 5.78. The van der Waals surface area contributed by atoms with E-state index in [0.717, 1.165) is 0 Å². The number of nitrogens with one attached hydrogen (secondary N) is 1. The summed E-state index contributed by atoms with van der Waals surface area (Å²) in [6, 6.07) is -0.0743. The molecule has 0 saturated heterocycles. The van der Waals surface area contributed by atoms with Gasteiger partial charge in [0.25, 0.3) is 0 Å². The second-order valence-electron chi connectivity index (χ2n) is 4.37. The van der Waals surface area contributed by atoms with E-state index in [1.54, 1.807) is 0 Å². The van der Waals surface area contributed by atoms with Crippen LogP contribution in [0.25, 0.3) is 0 Å². The van der Waals surface area contributed by atoms with Gasteiger partial charge >= 0.3 is 5.97 Å². The van der Waals surface area contributed by atoms with Crippen LogP contribution in [0.4, 0.5) is 0 Å². The Morgan fingerprint density at radius 3 is 2.13 bits per heavy atom. The fourth-order valence-corrected chi connectivity index (χ4v) is 1.09. The Balaban J connectivity index is 3.90. The molecule has 0 heterocycles. The number of carboxylic acid groups (broad SMARTS) is 1. The Hall–Kier alpha value is -1.06. The highest BCUT2D eigenvalue weighted by Gasteiger charge is 2.18. The molecule has 15 heavy (non-hydrogen) atoms. The standard InChI is InChI=1S/C11H21NO3/c1-7(2)9(4)11(15)12-8(3)5-6-10(13)14/h7-9H,5-6H2,1-4H3,(H,12,15)(H,13,14). The van der Waals surface area contributed by atoms with Gasteiger partial charge in [-0.1, -0.05) is 20.8 Å². The van der Waals surface area contributed by atoms with Crippen molar-refractivity contribution in [1.29, 1.82) is 0 Å². The van der Waals surface area contributed by atoms with Crippen LogP contribution in [0.5, 0.6) is 0 Å². The van der Waals surface area contributed by atoms with Crippen LogP contribution in [-0.4, -0.2) is 23.0 Å². The number of hydrogen-bond donors (Lipinski definition) is 2. The third-order valence-corrected chi connectivity index (χ3v) is 2.59. The Labute approximate surface area is 91.1 Å². The summed E-state index contributed by atoms with van der Waals surface area (Å²) >= 11 is 0. The third kappa shape index (κ3) is 6.10. The summed E-state index contributed by atoms with van der Waals surface area (Å²) in [5.41, 5.74) is 0. The maximum atomic E-state index is 11.6. The molecule has 0 aromatic heterocycles. The lowest BCUT2D eigenvalue weighted by atomic mass is 9.97. The number of rotatable bonds is 6. The smallest absolute Gasteiger partial charge is 0.303 e. The first-order valence-corrected chi connectivity index (χ1v) is 5.36. The third-order valence-electron chi connectivity index (χ3n) is 2.59. The summed E-state index contributed by atoms with van der Waals surface area (Å²) in [5.74, 6) is -0.551. The van der Waals surface area contributed by atoms with Crippen LogP contribution in [0.2, 0.25) is 0 Å². The fourth-order valence-electron chi connectivity index (χ4n) is 1.09. The second kappa shape index (κ2) is 6.43. The molecular weight excluding hydrogens is 194 g/mol. The Bertz CT molecular complexity index is 226. The first-order chi connectivity index (χ1) is 6.84. The van der Waals surface area contributed by atoms with Crippen LogP contribution in [0.1, 0.15) is 40.5 Å². The molecule has 0 aromatic rings. The van der Waals surface area contributed by atoms with Crippen molar-refractivity contribution in [2.45, 2.75) is 46.6 Å². The topological polar surface area (TPSA) is 66.4 Å². The van der Waals surface area contributed by atoms with Crippen molar-refractivity contribution in [3.63, 3.8) is 0 Å². The van der Waals surface area contributed by atoms with Gasteiger partial charge in [0.15, 0.2) is 0 Å². The van der Waals surface area contributed by atoms with Crippen molar-refractivity contribution in [2.24, 2.45) is 11.8 Å². The lowest BCUT2D eigenvalue weighted by Crippen LogP contribution is -2.38. The van der Waals surface area contributed by atoms with Gasteiger partial charge in [0, 0.05) is 18.4 Å². The molecule has 1 amide bonds. The van der Waals surface area contributed by atoms with Crippen LogP contribution in [-0.2, 0) is 9.59 Å². The van der Waals surface area contributed by atoms with Crippen LogP contribution in [0.3, 0.4) is 0 Å². The minimum Gasteiger partial charge on any atom is -0.481 e. The normalized spacial score (nSPS) is 14.7. The van der Waals surface area contributed by atoms with Crippen molar-refractivity contribution in [1.82, 2.24) is 5.32 Å². The molecule has 4 heteroatoms. The molecular formula is C11H21NO3. The molecule has 0 aromatic carbocycles. The van der Waals surface area contributed by atoms with E-state index in [2.05, 4.69) is 5.32 Å². The number of carbonyl (C=O) groups is 2. The van der Waals surface area contributed by atoms with Crippen LogP contribution >= 0.6 is 0 Å². The predicted molar refractivity (Wildman–Crippen MR) is 58.5 cm³/mol. The van der Waals surface area contributed by atoms with Crippen molar-refractivity contribution in [2.75, 3.05) is 0 Å². The highest BCUT2D eigenvalue weighted by Crippen LogP contribution is 2.10. The van der Waals surface area contributed by atoms with Crippen LogP contribution < -0.4 is 5.32 Å². The quantitative estimate of drug-likeness (QED) is 0.708. The van der Waals surface area contributed by atoms with E-state index in [1.165, 1.54) is 0 Å². The van der Waals surface area contributed by atoms with Gasteiger partial charge in [-0.2, -0.15) is 0 Å². The summed E-state index contributed by atoms with van der Waals surface area (Å²) in [7, 11) is 0. The van der Waals surface area contributed by atoms with E-state index in [0.29, 0.717) is 12.3 Å². The summed E-state index contributed by atoms with van der Waals surface area (Å²) in [6.45, 7) is 7.69. The first-order valence-electron chi connectivity index (χ1n) is 5.36. The monoisotopic (exact) mass is 215 g/mol. The molecule has 0 rings (SSSR count). The van der Waals surface area contributed by atoms with Gasteiger partial charge < -0.3 is 10.4 Å². The number of aliphatic carboxylic acids is 1. The highest BCUT2D eigenvalue weighted by atomic mass is 16.4. The van der Waals surface area contributed by atoms with E-state index in [-0.39, 0.29) is 24.3 Å². The molecule has 2 unspecified atom stereocenters. The van der Waals surface area contributed by atoms with Gasteiger partial charge in [-0.25, -0.2) is 0 Å². The average Bonchev–Trinajstić information content (AvgIpc) is 2.13. The van der Waals surface area contributed by atoms with Gasteiger partial charge in [0.1, 0.15) is 0 Å². The summed E-state index contributed by atoms with van der Waals surface area (Å²) in [4.78, 5) is 21.9. The molecule has 0 fully saturated rings. The minimum atomic E-state index is -0.826. The maximum Gasteiger partial charge on any atom is 0.303 e. The molecule has 0 radical (unpaired) electrons. The van der Waals surface area contributed by atoms with E-state index in [4.69, 9.17) is 5.11 Å². The SMILES string of the molecule is CC(CCC(=O)O)NC(=O)C(C)C(C)C. The fraction of sp³-hybridized carbons (Fsp3) is 0.818. The second-order valence-corrected chi connectivity index (χ2v) is 4.37. The zero-order chi connectivity index (χ0) is 12.0. The summed E-state index contributed by atoms with van der Waals surface area (Å²) < 4.78 is 0. The number of hydrogen-bond acceptors (Lipinski definition) is 2. The van der Waals surface area contributed by atoms with Gasteiger partial charge in [-0.05, 0) is 19.3 Å². The number of carboxylic acids is 1. The Kier molecular flexibility index (Phi) is 5.97. The molecule has 2 N–H and O–H groups in total. The predicted octanol–water partition coefficient (Wildman–Crippen LogP) is 1.65.